The number of aromatic nitrogens is 3. The predicted molar refractivity (Wildman–Crippen MR) is 271 cm³/mol. The minimum Gasteiger partial charge on any atom is -0.507 e. The Morgan fingerprint density at radius 3 is 2.00 bits per heavy atom. The van der Waals surface area contributed by atoms with E-state index in [0.29, 0.717) is 17.0 Å². The zero-order valence-corrected chi connectivity index (χ0v) is 40.3. The van der Waals surface area contributed by atoms with Crippen molar-refractivity contribution in [2.75, 3.05) is 0 Å². The number of benzene rings is 8. The predicted octanol–water partition coefficient (Wildman–Crippen LogP) is 15.8. The van der Waals surface area contributed by atoms with E-state index in [1.165, 1.54) is 11.1 Å². The minimum absolute atomic E-state index is 0. The maximum atomic E-state index is 11.9. The van der Waals surface area contributed by atoms with Crippen LogP contribution in [0, 0.1) is 6.07 Å². The van der Waals surface area contributed by atoms with Crippen molar-refractivity contribution in [2.45, 2.75) is 45.4 Å². The third-order valence-corrected chi connectivity index (χ3v) is 13.2. The summed E-state index contributed by atoms with van der Waals surface area (Å²) >= 11 is 0. The molecule has 0 saturated heterocycles. The molecule has 11 rings (SSSR count). The molecule has 5 nitrogen and oxygen atoms in total. The molecule has 8 aromatic carbocycles. The number of hydrogen-bond donors (Lipinski definition) is 1. The van der Waals surface area contributed by atoms with Crippen LogP contribution in [0.4, 0.5) is 0 Å². The van der Waals surface area contributed by atoms with Crippen LogP contribution in [0.2, 0.25) is 0 Å². The van der Waals surface area contributed by atoms with Gasteiger partial charge in [0.1, 0.15) is 22.5 Å². The standard InChI is InChI=1S/C61H48N3O2.Pt/c1-60(2,3)46-36-42(35-43(37-46)51-38-41(33-34-62-51)39-27-29-45(30-28-39)61(4,5)44-19-10-7-11-20-44)48-23-16-25-53-57(48)63-59(64(53)52-24-14-12-21-47(52)40-17-8-6-9-18-40)56-54(65)32-31-50-49-22-13-15-26-55(49)66-58(50)56;/h6-34,36-38,65H,1-5H3;/q-1;. The Kier molecular flexibility index (Phi) is 11.1. The van der Waals surface area contributed by atoms with Crippen LogP contribution in [0.25, 0.3) is 94.7 Å². The third kappa shape index (κ3) is 7.77. The molecule has 0 radical (unpaired) electrons. The van der Waals surface area contributed by atoms with Gasteiger partial charge in [-0.05, 0) is 69.6 Å². The van der Waals surface area contributed by atoms with Crippen molar-refractivity contribution in [1.29, 1.82) is 0 Å². The fourth-order valence-corrected chi connectivity index (χ4v) is 9.40. The second-order valence-electron chi connectivity index (χ2n) is 18.7. The molecule has 6 heteroatoms. The number of hydrogen-bond acceptors (Lipinski definition) is 4. The summed E-state index contributed by atoms with van der Waals surface area (Å²) in [6.07, 6.45) is 1.90. The zero-order chi connectivity index (χ0) is 45.2. The maximum absolute atomic E-state index is 11.9. The van der Waals surface area contributed by atoms with E-state index >= 15 is 0 Å². The van der Waals surface area contributed by atoms with Crippen molar-refractivity contribution in [3.63, 3.8) is 0 Å². The summed E-state index contributed by atoms with van der Waals surface area (Å²) < 4.78 is 8.78. The quantitative estimate of drug-likeness (QED) is 0.154. The second kappa shape index (κ2) is 17.1. The van der Waals surface area contributed by atoms with Crippen LogP contribution in [0.15, 0.2) is 199 Å². The van der Waals surface area contributed by atoms with Crippen LogP contribution >= 0.6 is 0 Å². The topological polar surface area (TPSA) is 64.1 Å². The van der Waals surface area contributed by atoms with Crippen molar-refractivity contribution in [1.82, 2.24) is 14.5 Å². The van der Waals surface area contributed by atoms with Gasteiger partial charge in [-0.3, -0.25) is 9.55 Å². The van der Waals surface area contributed by atoms with E-state index in [1.54, 1.807) is 6.07 Å². The Morgan fingerprint density at radius 2 is 1.22 bits per heavy atom. The number of pyridine rings is 1. The largest absolute Gasteiger partial charge is 0.507 e. The number of nitrogens with zero attached hydrogens (tertiary/aromatic N) is 3. The molecule has 3 heterocycles. The zero-order valence-electron chi connectivity index (χ0n) is 38.0. The molecule has 0 aliphatic rings. The van der Waals surface area contributed by atoms with Gasteiger partial charge >= 0.3 is 0 Å². The van der Waals surface area contributed by atoms with Crippen molar-refractivity contribution in [2.24, 2.45) is 0 Å². The summed E-state index contributed by atoms with van der Waals surface area (Å²) in [7, 11) is 0. The molecule has 0 spiro atoms. The first-order valence-corrected chi connectivity index (χ1v) is 22.5. The molecule has 0 fully saturated rings. The summed E-state index contributed by atoms with van der Waals surface area (Å²) in [4.78, 5) is 10.5. The molecule has 1 N–H and O–H groups in total. The van der Waals surface area contributed by atoms with Gasteiger partial charge in [0.15, 0.2) is 5.82 Å². The summed E-state index contributed by atoms with van der Waals surface area (Å²) in [6.45, 7) is 11.3. The minimum atomic E-state index is -0.187. The number of aromatic hydroxyl groups is 1. The monoisotopic (exact) mass is 1050 g/mol. The van der Waals surface area contributed by atoms with Crippen LogP contribution in [-0.4, -0.2) is 19.6 Å². The maximum Gasteiger partial charge on any atom is 0.152 e. The number of rotatable bonds is 8. The van der Waals surface area contributed by atoms with Gasteiger partial charge in [-0.25, -0.2) is 4.98 Å². The van der Waals surface area contributed by atoms with Crippen LogP contribution in [0.5, 0.6) is 5.75 Å². The van der Waals surface area contributed by atoms with Crippen LogP contribution in [0.3, 0.4) is 0 Å². The molecule has 0 atom stereocenters. The van der Waals surface area contributed by atoms with Gasteiger partial charge in [0.05, 0.1) is 16.7 Å². The number of phenols is 1. The Bertz CT molecular complexity index is 3600. The molecule has 0 amide bonds. The van der Waals surface area contributed by atoms with Gasteiger partial charge < -0.3 is 9.52 Å². The molecule has 330 valence electrons. The van der Waals surface area contributed by atoms with E-state index in [4.69, 9.17) is 14.4 Å². The molecule has 11 aromatic rings. The van der Waals surface area contributed by atoms with Gasteiger partial charge in [-0.2, -0.15) is 0 Å². The van der Waals surface area contributed by atoms with E-state index in [2.05, 4.69) is 197 Å². The van der Waals surface area contributed by atoms with E-state index in [9.17, 15) is 5.11 Å². The average Bonchev–Trinajstić information content (AvgIpc) is 3.93. The Labute approximate surface area is 405 Å². The first-order valence-electron chi connectivity index (χ1n) is 22.5. The van der Waals surface area contributed by atoms with E-state index in [0.717, 1.165) is 83.3 Å². The molecule has 0 unspecified atom stereocenters. The van der Waals surface area contributed by atoms with Gasteiger partial charge in [0, 0.05) is 54.7 Å². The van der Waals surface area contributed by atoms with Crippen LogP contribution in [-0.2, 0) is 31.9 Å². The second-order valence-corrected chi connectivity index (χ2v) is 18.7. The Morgan fingerprint density at radius 1 is 0.552 bits per heavy atom. The molecular weight excluding hydrogens is 1000 g/mol. The Balaban J connectivity index is 0.00000525. The van der Waals surface area contributed by atoms with Crippen molar-refractivity contribution < 1.29 is 30.6 Å². The fraction of sp³-hybridized carbons (Fsp3) is 0.115. The number of phenolic OH excluding ortho intramolecular Hbond substituents is 1. The summed E-state index contributed by atoms with van der Waals surface area (Å²) in [5, 5.41) is 13.8. The third-order valence-electron chi connectivity index (χ3n) is 13.2. The fourth-order valence-electron chi connectivity index (χ4n) is 9.40. The molecule has 0 aliphatic carbocycles. The van der Waals surface area contributed by atoms with Gasteiger partial charge in [-0.15, -0.1) is 29.3 Å². The number of para-hydroxylation sites is 3. The first kappa shape index (κ1) is 43.6. The SMILES string of the molecule is CC(C)(C)c1cc(-c2cc(-c3ccc(C(C)(C)c4ccccc4)cc3)ccn2)[c-]c(-c2cccc3c2nc(-c2c(O)ccc4c2oc2ccccc24)n3-c2ccccc2-c2ccccc2)c1.[Pt]. The van der Waals surface area contributed by atoms with Crippen molar-refractivity contribution in [3.8, 4) is 67.5 Å². The summed E-state index contributed by atoms with van der Waals surface area (Å²) in [6, 6.07) is 68.9. The molecular formula is C61H48N3O2Pt-. The van der Waals surface area contributed by atoms with Crippen molar-refractivity contribution in [3.05, 3.63) is 217 Å². The van der Waals surface area contributed by atoms with Gasteiger partial charge in [0.2, 0.25) is 0 Å². The average molecular weight is 1050 g/mol. The first-order chi connectivity index (χ1) is 32.0. The normalized spacial score (nSPS) is 11.9. The van der Waals surface area contributed by atoms with Crippen LogP contribution < -0.4 is 0 Å². The molecule has 0 aliphatic heterocycles. The molecule has 0 saturated carbocycles. The number of imidazole rings is 1. The smallest absolute Gasteiger partial charge is 0.152 e. The molecule has 0 bridgehead atoms. The summed E-state index contributed by atoms with van der Waals surface area (Å²) in [5.74, 6) is 0.656. The van der Waals surface area contributed by atoms with Gasteiger partial charge in [0.25, 0.3) is 0 Å². The van der Waals surface area contributed by atoms with Gasteiger partial charge in [-0.1, -0.05) is 185 Å². The van der Waals surface area contributed by atoms with E-state index in [1.807, 2.05) is 36.5 Å². The molecule has 3 aromatic heterocycles. The van der Waals surface area contributed by atoms with Crippen LogP contribution in [0.1, 0.15) is 51.3 Å². The molecule has 67 heavy (non-hydrogen) atoms. The van der Waals surface area contributed by atoms with Crippen molar-refractivity contribution >= 4 is 33.0 Å². The number of furan rings is 1. The Hall–Kier alpha value is -7.33. The summed E-state index contributed by atoms with van der Waals surface area (Å²) in [5.41, 5.74) is 15.7. The van der Waals surface area contributed by atoms with E-state index < -0.39 is 0 Å². The van der Waals surface area contributed by atoms with E-state index in [-0.39, 0.29) is 37.6 Å². The number of fused-ring (bicyclic) bond motifs is 4.